The number of phenolic OH excluding ortho intramolecular Hbond substituents is 2. The third kappa shape index (κ3) is 7.39. The van der Waals surface area contributed by atoms with Crippen LogP contribution >= 0.6 is 0 Å². The summed E-state index contributed by atoms with van der Waals surface area (Å²) < 4.78 is 45.2. The van der Waals surface area contributed by atoms with Gasteiger partial charge in [0, 0.05) is 17.7 Å². The van der Waals surface area contributed by atoms with Crippen molar-refractivity contribution in [3.8, 4) is 40.1 Å². The number of fused-ring (bicyclic) bond motifs is 1. The smallest absolute Gasteiger partial charge is 0.239 e. The van der Waals surface area contributed by atoms with Gasteiger partial charge in [-0.25, -0.2) is 0 Å². The van der Waals surface area contributed by atoms with E-state index < -0.39 is 140 Å². The number of aliphatic hydroxyl groups is 10. The van der Waals surface area contributed by atoms with Crippen LogP contribution in [0.15, 0.2) is 39.5 Å². The zero-order valence-corrected chi connectivity index (χ0v) is 28.1. The highest BCUT2D eigenvalue weighted by Crippen LogP contribution is 2.41. The van der Waals surface area contributed by atoms with Crippen molar-refractivity contribution >= 4 is 11.0 Å². The summed E-state index contributed by atoms with van der Waals surface area (Å²) in [6.07, 6.45) is -24.4. The Hall–Kier alpha value is -3.91. The van der Waals surface area contributed by atoms with Gasteiger partial charge in [0.1, 0.15) is 83.5 Å². The molecule has 12 N–H and O–H groups in total. The minimum atomic E-state index is -1.97. The highest BCUT2D eigenvalue weighted by atomic mass is 16.8. The summed E-state index contributed by atoms with van der Waals surface area (Å²) in [5.74, 6) is -2.69. The highest BCUT2D eigenvalue weighted by molar-refractivity contribution is 5.88. The maximum absolute atomic E-state index is 14.2. The fourth-order valence-electron chi connectivity index (χ4n) is 6.23. The maximum Gasteiger partial charge on any atom is 0.239 e. The van der Waals surface area contributed by atoms with Crippen molar-refractivity contribution in [3.63, 3.8) is 0 Å². The van der Waals surface area contributed by atoms with Crippen molar-refractivity contribution in [1.29, 1.82) is 0 Å². The molecule has 3 saturated heterocycles. The van der Waals surface area contributed by atoms with Crippen molar-refractivity contribution in [1.82, 2.24) is 0 Å². The molecule has 21 heteroatoms. The summed E-state index contributed by atoms with van der Waals surface area (Å²) in [6.45, 7) is -2.15. The van der Waals surface area contributed by atoms with Crippen LogP contribution < -0.4 is 19.6 Å². The van der Waals surface area contributed by atoms with Gasteiger partial charge in [-0.3, -0.25) is 4.79 Å². The van der Waals surface area contributed by atoms with Crippen molar-refractivity contribution in [2.75, 3.05) is 26.9 Å². The Morgan fingerprint density at radius 2 is 1.37 bits per heavy atom. The number of aromatic hydroxyl groups is 2. The average molecular weight is 773 g/mol. The first kappa shape index (κ1) is 39.8. The van der Waals surface area contributed by atoms with Crippen molar-refractivity contribution in [2.24, 2.45) is 0 Å². The van der Waals surface area contributed by atoms with Crippen LogP contribution in [0, 0.1) is 0 Å². The Morgan fingerprint density at radius 3 is 2.04 bits per heavy atom. The molecule has 21 nitrogen and oxygen atoms in total. The van der Waals surface area contributed by atoms with Crippen LogP contribution in [0.25, 0.3) is 22.3 Å². The molecule has 1 aromatic heterocycles. The van der Waals surface area contributed by atoms with Gasteiger partial charge in [-0.2, -0.15) is 0 Å². The van der Waals surface area contributed by atoms with E-state index in [0.717, 1.165) is 12.1 Å². The molecule has 14 atom stereocenters. The van der Waals surface area contributed by atoms with Gasteiger partial charge in [0.05, 0.1) is 26.9 Å². The largest absolute Gasteiger partial charge is 0.508 e. The first-order chi connectivity index (χ1) is 25.7. The fourth-order valence-corrected chi connectivity index (χ4v) is 6.23. The number of hydrogen-bond acceptors (Lipinski definition) is 21. The van der Waals surface area contributed by atoms with Crippen LogP contribution in [-0.2, 0) is 18.9 Å². The molecule has 298 valence electrons. The lowest BCUT2D eigenvalue weighted by atomic mass is 9.98. The SMILES string of the molecule is COc1ccc(-c2oc3cc(O)cc(O)c3c(=O)c2O[C@@H]2O[C@H](CO)[C@@H](O)[C@H](O)[C@H]2O[C@@H]2OC[C@@H](O)[C@H](O)[C@@H]2O)cc1O[C@@H]1O[C@H](CO)[C@@H](O)[C@H](O)[C@H]1O. The number of ether oxygens (including phenoxy) is 7. The maximum atomic E-state index is 14.2. The molecule has 54 heavy (non-hydrogen) atoms. The third-order valence-electron chi connectivity index (χ3n) is 9.24. The van der Waals surface area contributed by atoms with Gasteiger partial charge in [0.2, 0.25) is 23.8 Å². The number of rotatable bonds is 10. The van der Waals surface area contributed by atoms with E-state index in [-0.39, 0.29) is 22.6 Å². The van der Waals surface area contributed by atoms with Gasteiger partial charge < -0.3 is 98.9 Å². The summed E-state index contributed by atoms with van der Waals surface area (Å²) in [6, 6.07) is 5.70. The number of phenols is 2. The summed E-state index contributed by atoms with van der Waals surface area (Å²) in [7, 11) is 1.26. The van der Waals surface area contributed by atoms with Gasteiger partial charge in [0.25, 0.3) is 0 Å². The number of benzene rings is 2. The van der Waals surface area contributed by atoms with Gasteiger partial charge in [-0.1, -0.05) is 0 Å². The molecule has 3 aliphatic heterocycles. The molecule has 6 rings (SSSR count). The number of methoxy groups -OCH3 is 1. The average Bonchev–Trinajstić information content (AvgIpc) is 3.15. The van der Waals surface area contributed by atoms with Crippen molar-refractivity contribution in [3.05, 3.63) is 40.6 Å². The van der Waals surface area contributed by atoms with Crippen LogP contribution in [0.1, 0.15) is 0 Å². The Bertz CT molecular complexity index is 1830. The minimum Gasteiger partial charge on any atom is -0.508 e. The third-order valence-corrected chi connectivity index (χ3v) is 9.24. The first-order valence-corrected chi connectivity index (χ1v) is 16.5. The lowest BCUT2D eigenvalue weighted by molar-refractivity contribution is -0.345. The highest BCUT2D eigenvalue weighted by Gasteiger charge is 2.50. The lowest BCUT2D eigenvalue weighted by Crippen LogP contribution is -2.64. The number of aliphatic hydroxyl groups excluding tert-OH is 10. The molecule has 0 bridgehead atoms. The molecule has 0 saturated carbocycles. The lowest BCUT2D eigenvalue weighted by Gasteiger charge is -2.44. The molecule has 4 heterocycles. The second-order valence-corrected chi connectivity index (χ2v) is 12.8. The van der Waals surface area contributed by atoms with Crippen LogP contribution in [0.5, 0.6) is 28.7 Å². The summed E-state index contributed by atoms with van der Waals surface area (Å²) in [4.78, 5) is 14.2. The van der Waals surface area contributed by atoms with E-state index in [2.05, 4.69) is 0 Å². The van der Waals surface area contributed by atoms with Gasteiger partial charge in [-0.15, -0.1) is 0 Å². The van der Waals surface area contributed by atoms with E-state index >= 15 is 0 Å². The Kier molecular flexibility index (Phi) is 11.8. The van der Waals surface area contributed by atoms with Crippen LogP contribution in [0.4, 0.5) is 0 Å². The molecule has 3 fully saturated rings. The molecule has 0 spiro atoms. The molecular formula is C33H40O21. The normalized spacial score (nSPS) is 35.8. The fraction of sp³-hybridized carbons (Fsp3) is 0.545. The van der Waals surface area contributed by atoms with E-state index in [4.69, 9.17) is 37.6 Å². The van der Waals surface area contributed by atoms with E-state index in [0.29, 0.717) is 0 Å². The van der Waals surface area contributed by atoms with Gasteiger partial charge >= 0.3 is 0 Å². The van der Waals surface area contributed by atoms with Gasteiger partial charge in [-0.05, 0) is 18.2 Å². The van der Waals surface area contributed by atoms with Crippen LogP contribution in [-0.4, -0.2) is 174 Å². The van der Waals surface area contributed by atoms with Crippen LogP contribution in [0.3, 0.4) is 0 Å². The minimum absolute atomic E-state index is 0.00178. The molecule has 0 aliphatic carbocycles. The second-order valence-electron chi connectivity index (χ2n) is 12.8. The zero-order valence-electron chi connectivity index (χ0n) is 28.1. The van der Waals surface area contributed by atoms with Crippen LogP contribution in [0.2, 0.25) is 0 Å². The molecule has 3 aromatic rings. The first-order valence-electron chi connectivity index (χ1n) is 16.5. The second kappa shape index (κ2) is 16.1. The molecule has 3 aliphatic rings. The monoisotopic (exact) mass is 772 g/mol. The Labute approximate surface area is 303 Å². The zero-order chi connectivity index (χ0) is 39.2. The summed E-state index contributed by atoms with van der Waals surface area (Å²) >= 11 is 0. The Morgan fingerprint density at radius 1 is 0.722 bits per heavy atom. The number of hydrogen-bond donors (Lipinski definition) is 12. The Balaban J connectivity index is 1.44. The van der Waals surface area contributed by atoms with E-state index in [9.17, 15) is 66.1 Å². The summed E-state index contributed by atoms with van der Waals surface area (Å²) in [5.41, 5.74) is -1.52. The van der Waals surface area contributed by atoms with Crippen molar-refractivity contribution < 1.29 is 98.9 Å². The molecule has 0 amide bonds. The molecular weight excluding hydrogens is 732 g/mol. The summed E-state index contributed by atoms with van der Waals surface area (Å²) in [5, 5.41) is 123. The molecule has 0 radical (unpaired) electrons. The van der Waals surface area contributed by atoms with Crippen molar-refractivity contribution in [2.45, 2.75) is 86.0 Å². The van der Waals surface area contributed by atoms with E-state index in [1.165, 1.54) is 25.3 Å². The standard InChI is InChI=1S/C33H40O21/c1-47-14-3-2-10(4-15(14)50-32-27(46)24(43)21(40)17(7-34)51-32)28-29(23(42)19-12(37)5-11(36)6-16(19)49-28)53-33-30(25(44)22(41)18(8-35)52-33)54-31-26(45)20(39)13(38)9-48-31/h2-6,13,17-18,20-22,24-27,30-41,43-46H,7-9H2,1H3/t13-,17-,18-,20+,21-,22-,24+,25+,26+,27-,30-,31+,32-,33+/m1/s1. The molecule has 0 unspecified atom stereocenters. The predicted molar refractivity (Wildman–Crippen MR) is 173 cm³/mol. The molecule has 2 aromatic carbocycles. The van der Waals surface area contributed by atoms with Gasteiger partial charge in [0.15, 0.2) is 29.7 Å². The predicted octanol–water partition coefficient (Wildman–Crippen LogP) is -4.30. The van der Waals surface area contributed by atoms with E-state index in [1.807, 2.05) is 0 Å². The van der Waals surface area contributed by atoms with E-state index in [1.54, 1.807) is 0 Å². The quantitative estimate of drug-likeness (QED) is 0.0927. The topological polar surface area (TPSA) is 338 Å².